The number of aliphatic hydroxyl groups is 1. The highest BCUT2D eigenvalue weighted by Crippen LogP contribution is 2.24. The van der Waals surface area contributed by atoms with Gasteiger partial charge in [0.2, 0.25) is 0 Å². The topological polar surface area (TPSA) is 58.6 Å². The molecule has 0 heterocycles. The van der Waals surface area contributed by atoms with Crippen LogP contribution in [0.2, 0.25) is 0 Å². The monoisotopic (exact) mass is 363 g/mol. The van der Waals surface area contributed by atoms with Gasteiger partial charge in [-0.05, 0) is 47.4 Å². The van der Waals surface area contributed by atoms with Crippen molar-refractivity contribution < 1.29 is 14.6 Å². The first kappa shape index (κ1) is 19.1. The van der Waals surface area contributed by atoms with E-state index in [2.05, 4.69) is 24.4 Å². The van der Waals surface area contributed by atoms with Crippen molar-refractivity contribution in [2.75, 3.05) is 13.7 Å². The summed E-state index contributed by atoms with van der Waals surface area (Å²) in [5.74, 6) is -0.328. The zero-order valence-corrected chi connectivity index (χ0v) is 15.7. The summed E-state index contributed by atoms with van der Waals surface area (Å²) in [6.07, 6.45) is 0.240. The van der Waals surface area contributed by atoms with Crippen LogP contribution >= 0.6 is 0 Å². The number of rotatable bonds is 7. The van der Waals surface area contributed by atoms with Crippen LogP contribution in [-0.2, 0) is 11.2 Å². The summed E-state index contributed by atoms with van der Waals surface area (Å²) in [5.41, 5.74) is 2.62. The van der Waals surface area contributed by atoms with Gasteiger partial charge in [-0.2, -0.15) is 0 Å². The van der Waals surface area contributed by atoms with E-state index in [1.807, 2.05) is 42.5 Å². The first-order valence-electron chi connectivity index (χ1n) is 9.15. The van der Waals surface area contributed by atoms with E-state index < -0.39 is 6.10 Å². The van der Waals surface area contributed by atoms with Gasteiger partial charge in [-0.25, -0.2) is 4.79 Å². The molecule has 4 nitrogen and oxygen atoms in total. The average molecular weight is 363 g/mol. The Morgan fingerprint density at radius 3 is 2.48 bits per heavy atom. The first-order valence-corrected chi connectivity index (χ1v) is 9.15. The van der Waals surface area contributed by atoms with E-state index in [-0.39, 0.29) is 12.0 Å². The van der Waals surface area contributed by atoms with E-state index in [9.17, 15) is 9.90 Å². The van der Waals surface area contributed by atoms with Crippen LogP contribution in [-0.4, -0.2) is 30.8 Å². The van der Waals surface area contributed by atoms with Crippen LogP contribution in [0.25, 0.3) is 10.8 Å². The normalized spacial score (nSPS) is 13.3. The number of hydrogen-bond donors (Lipinski definition) is 2. The summed E-state index contributed by atoms with van der Waals surface area (Å²) in [7, 11) is 1.38. The summed E-state index contributed by atoms with van der Waals surface area (Å²) < 4.78 is 4.72. The summed E-state index contributed by atoms with van der Waals surface area (Å²) in [4.78, 5) is 11.5. The average Bonchev–Trinajstić information content (AvgIpc) is 2.71. The van der Waals surface area contributed by atoms with Crippen molar-refractivity contribution in [3.63, 3.8) is 0 Å². The standard InChI is InChI=1S/C23H25NO3/c1-16(14-17-10-12-19(13-11-17)23(26)27-2)24-15-22(25)21-9-5-7-18-6-3-4-8-20(18)21/h3-13,16,22,24-25H,14-15H2,1-2H3. The molecule has 3 aromatic carbocycles. The van der Waals surface area contributed by atoms with Crippen LogP contribution < -0.4 is 5.32 Å². The lowest BCUT2D eigenvalue weighted by Gasteiger charge is -2.19. The van der Waals surface area contributed by atoms with Gasteiger partial charge in [0.25, 0.3) is 0 Å². The van der Waals surface area contributed by atoms with Gasteiger partial charge in [0.05, 0.1) is 18.8 Å². The summed E-state index contributed by atoms with van der Waals surface area (Å²) >= 11 is 0. The summed E-state index contributed by atoms with van der Waals surface area (Å²) in [5, 5.41) is 16.3. The molecule has 0 aliphatic heterocycles. The van der Waals surface area contributed by atoms with Gasteiger partial charge in [-0.15, -0.1) is 0 Å². The fourth-order valence-corrected chi connectivity index (χ4v) is 3.28. The van der Waals surface area contributed by atoms with Crippen molar-refractivity contribution in [3.8, 4) is 0 Å². The number of methoxy groups -OCH3 is 1. The minimum absolute atomic E-state index is 0.193. The van der Waals surface area contributed by atoms with Gasteiger partial charge in [-0.3, -0.25) is 0 Å². The maximum Gasteiger partial charge on any atom is 0.337 e. The molecule has 0 saturated carbocycles. The highest BCUT2D eigenvalue weighted by molar-refractivity contribution is 5.89. The van der Waals surface area contributed by atoms with E-state index in [1.165, 1.54) is 7.11 Å². The van der Waals surface area contributed by atoms with Crippen molar-refractivity contribution in [2.45, 2.75) is 25.5 Å². The highest BCUT2D eigenvalue weighted by atomic mass is 16.5. The van der Waals surface area contributed by atoms with Crippen molar-refractivity contribution in [3.05, 3.63) is 83.4 Å². The molecule has 2 atom stereocenters. The van der Waals surface area contributed by atoms with Gasteiger partial charge < -0.3 is 15.2 Å². The molecular weight excluding hydrogens is 338 g/mol. The van der Waals surface area contributed by atoms with Crippen molar-refractivity contribution in [2.24, 2.45) is 0 Å². The van der Waals surface area contributed by atoms with Crippen LogP contribution in [0.5, 0.6) is 0 Å². The van der Waals surface area contributed by atoms with Gasteiger partial charge in [-0.1, -0.05) is 54.6 Å². The lowest BCUT2D eigenvalue weighted by Crippen LogP contribution is -2.32. The molecule has 3 aromatic rings. The third-order valence-electron chi connectivity index (χ3n) is 4.76. The molecule has 0 bridgehead atoms. The number of benzene rings is 3. The second kappa shape index (κ2) is 8.80. The van der Waals surface area contributed by atoms with Gasteiger partial charge in [0.1, 0.15) is 0 Å². The van der Waals surface area contributed by atoms with E-state index >= 15 is 0 Å². The zero-order chi connectivity index (χ0) is 19.2. The lowest BCUT2D eigenvalue weighted by molar-refractivity contribution is 0.0600. The van der Waals surface area contributed by atoms with Crippen LogP contribution in [0.1, 0.15) is 34.5 Å². The maximum absolute atomic E-state index is 11.5. The number of carbonyl (C=O) groups is 1. The van der Waals surface area contributed by atoms with E-state index in [1.54, 1.807) is 12.1 Å². The molecule has 0 aliphatic rings. The molecule has 0 aliphatic carbocycles. The second-order valence-electron chi connectivity index (χ2n) is 6.79. The minimum atomic E-state index is -0.569. The molecule has 2 unspecified atom stereocenters. The van der Waals surface area contributed by atoms with E-state index in [0.717, 1.165) is 28.3 Å². The van der Waals surface area contributed by atoms with Crippen molar-refractivity contribution in [1.29, 1.82) is 0 Å². The number of aliphatic hydroxyl groups excluding tert-OH is 1. The zero-order valence-electron chi connectivity index (χ0n) is 15.7. The predicted molar refractivity (Wildman–Crippen MR) is 108 cm³/mol. The van der Waals surface area contributed by atoms with E-state index in [4.69, 9.17) is 4.74 Å². The predicted octanol–water partition coefficient (Wildman–Crippen LogP) is 3.88. The van der Waals surface area contributed by atoms with Crippen LogP contribution in [0.4, 0.5) is 0 Å². The summed E-state index contributed by atoms with van der Waals surface area (Å²) in [6, 6.07) is 21.7. The molecule has 0 spiro atoms. The molecule has 140 valence electrons. The molecule has 4 heteroatoms. The number of hydrogen-bond acceptors (Lipinski definition) is 4. The molecule has 0 aromatic heterocycles. The van der Waals surface area contributed by atoms with Gasteiger partial charge in [0, 0.05) is 12.6 Å². The number of ether oxygens (including phenoxy) is 1. The third kappa shape index (κ3) is 4.73. The quantitative estimate of drug-likeness (QED) is 0.626. The van der Waals surface area contributed by atoms with Gasteiger partial charge in [0.15, 0.2) is 0 Å². The third-order valence-corrected chi connectivity index (χ3v) is 4.76. The highest BCUT2D eigenvalue weighted by Gasteiger charge is 2.13. The summed E-state index contributed by atoms with van der Waals surface area (Å²) in [6.45, 7) is 2.57. The molecule has 0 fully saturated rings. The minimum Gasteiger partial charge on any atom is -0.465 e. The fourth-order valence-electron chi connectivity index (χ4n) is 3.28. The Labute approximate surface area is 159 Å². The maximum atomic E-state index is 11.5. The van der Waals surface area contributed by atoms with Crippen LogP contribution in [0.15, 0.2) is 66.7 Å². The first-order chi connectivity index (χ1) is 13.1. The Kier molecular flexibility index (Phi) is 6.22. The molecule has 0 saturated heterocycles. The van der Waals surface area contributed by atoms with Crippen LogP contribution in [0.3, 0.4) is 0 Å². The molecule has 0 radical (unpaired) electrons. The Morgan fingerprint density at radius 2 is 1.74 bits per heavy atom. The number of esters is 1. The Hall–Kier alpha value is -2.69. The smallest absolute Gasteiger partial charge is 0.337 e. The lowest BCUT2D eigenvalue weighted by atomic mass is 10.00. The van der Waals surface area contributed by atoms with E-state index in [0.29, 0.717) is 12.1 Å². The van der Waals surface area contributed by atoms with Crippen molar-refractivity contribution in [1.82, 2.24) is 5.32 Å². The number of fused-ring (bicyclic) bond motifs is 1. The Bertz CT molecular complexity index is 900. The Balaban J connectivity index is 1.58. The number of nitrogens with one attached hydrogen (secondary N) is 1. The Morgan fingerprint density at radius 1 is 1.04 bits per heavy atom. The van der Waals surface area contributed by atoms with Crippen LogP contribution in [0, 0.1) is 0 Å². The molecule has 2 N–H and O–H groups in total. The number of carbonyl (C=O) groups excluding carboxylic acids is 1. The second-order valence-corrected chi connectivity index (χ2v) is 6.79. The largest absolute Gasteiger partial charge is 0.465 e. The fraction of sp³-hybridized carbons (Fsp3) is 0.261. The SMILES string of the molecule is COC(=O)c1ccc(CC(C)NCC(O)c2cccc3ccccc23)cc1. The molecule has 27 heavy (non-hydrogen) atoms. The van der Waals surface area contributed by atoms with Gasteiger partial charge >= 0.3 is 5.97 Å². The molecule has 3 rings (SSSR count). The molecule has 0 amide bonds. The molecular formula is C23H25NO3. The van der Waals surface area contributed by atoms with Crippen molar-refractivity contribution >= 4 is 16.7 Å².